The number of amides is 1. The first-order valence-electron chi connectivity index (χ1n) is 9.28. The van der Waals surface area contributed by atoms with E-state index in [-0.39, 0.29) is 17.7 Å². The van der Waals surface area contributed by atoms with Gasteiger partial charge in [-0.1, -0.05) is 0 Å². The van der Waals surface area contributed by atoms with Crippen LogP contribution < -0.4 is 0 Å². The fraction of sp³-hybridized carbons (Fsp3) is 0.421. The van der Waals surface area contributed by atoms with Crippen LogP contribution in [0.25, 0.3) is 16.9 Å². The van der Waals surface area contributed by atoms with Gasteiger partial charge in [-0.2, -0.15) is 0 Å². The summed E-state index contributed by atoms with van der Waals surface area (Å²) in [7, 11) is 1.66. The normalized spacial score (nSPS) is 17.2. The monoisotopic (exact) mass is 382 g/mol. The summed E-state index contributed by atoms with van der Waals surface area (Å²) in [5.74, 6) is 0.223. The van der Waals surface area contributed by atoms with Crippen molar-refractivity contribution in [3.63, 3.8) is 0 Å². The fourth-order valence-electron chi connectivity index (χ4n) is 3.31. The molecule has 1 fully saturated rings. The number of H-pyrrole nitrogens is 1. The Bertz CT molecular complexity index is 969. The lowest BCUT2D eigenvalue weighted by Gasteiger charge is -2.23. The predicted molar refractivity (Wildman–Crippen MR) is 103 cm³/mol. The van der Waals surface area contributed by atoms with Crippen LogP contribution in [0.5, 0.6) is 0 Å². The Morgan fingerprint density at radius 3 is 2.96 bits per heavy atom. The number of pyridine rings is 1. The molecule has 1 saturated carbocycles. The maximum atomic E-state index is 12.9. The van der Waals surface area contributed by atoms with Crippen LogP contribution in [0, 0.1) is 0 Å². The number of hydrogen-bond acceptors (Lipinski definition) is 6. The second-order valence-corrected chi connectivity index (χ2v) is 6.64. The maximum Gasteiger partial charge on any atom is 0.297 e. The second-order valence-electron chi connectivity index (χ2n) is 6.64. The summed E-state index contributed by atoms with van der Waals surface area (Å²) in [5, 5.41) is 0. The van der Waals surface area contributed by atoms with Gasteiger partial charge in [-0.15, -0.1) is 0 Å². The third-order valence-corrected chi connectivity index (χ3v) is 4.77. The van der Waals surface area contributed by atoms with Crippen molar-refractivity contribution in [3.8, 4) is 5.82 Å². The zero-order chi connectivity index (χ0) is 19.3. The number of hydrogen-bond donors (Lipinski definition) is 1. The molecular formula is C19H22N6O3. The topological polar surface area (TPSA) is 107 Å². The number of rotatable bonds is 6. The van der Waals surface area contributed by atoms with Crippen LogP contribution in [0.2, 0.25) is 0 Å². The van der Waals surface area contributed by atoms with E-state index in [1.807, 2.05) is 6.07 Å². The quantitative estimate of drug-likeness (QED) is 0.656. The van der Waals surface area contributed by atoms with Crippen LogP contribution in [0.15, 0.2) is 36.1 Å². The van der Waals surface area contributed by atoms with Crippen molar-refractivity contribution in [2.24, 2.45) is 4.99 Å². The number of aliphatic imine (C=N–C) groups is 1. The first-order valence-corrected chi connectivity index (χ1v) is 9.28. The number of nitrogens with one attached hydrogen (secondary N) is 1. The Hall–Kier alpha value is -2.91. The van der Waals surface area contributed by atoms with Gasteiger partial charge in [0.15, 0.2) is 5.69 Å². The largest absolute Gasteiger partial charge is 0.382 e. The molecule has 0 saturated heterocycles. The Morgan fingerprint density at radius 2 is 2.21 bits per heavy atom. The molecule has 9 nitrogen and oxygen atoms in total. The molecule has 1 N–H and O–H groups in total. The van der Waals surface area contributed by atoms with Crippen LogP contribution in [-0.2, 0) is 9.47 Å². The molecule has 1 aliphatic rings. The number of carbonyl (C=O) groups excluding carboxylic acids is 1. The minimum atomic E-state index is -0.368. The van der Waals surface area contributed by atoms with Gasteiger partial charge in [0.2, 0.25) is 0 Å². The summed E-state index contributed by atoms with van der Waals surface area (Å²) >= 11 is 0. The molecule has 1 aliphatic carbocycles. The van der Waals surface area contributed by atoms with E-state index in [2.05, 4.69) is 24.9 Å². The van der Waals surface area contributed by atoms with Gasteiger partial charge in [-0.25, -0.2) is 19.9 Å². The van der Waals surface area contributed by atoms with E-state index < -0.39 is 0 Å². The van der Waals surface area contributed by atoms with Crippen molar-refractivity contribution in [2.45, 2.75) is 31.8 Å². The van der Waals surface area contributed by atoms with Crippen LogP contribution in [0.4, 0.5) is 0 Å². The lowest BCUT2D eigenvalue weighted by atomic mass is 9.95. The van der Waals surface area contributed by atoms with Gasteiger partial charge in [-0.05, 0) is 25.7 Å². The number of imidazole rings is 2. The third kappa shape index (κ3) is 4.00. The Balaban J connectivity index is 1.51. The van der Waals surface area contributed by atoms with Gasteiger partial charge < -0.3 is 14.5 Å². The number of fused-ring (bicyclic) bond motifs is 1. The lowest BCUT2D eigenvalue weighted by molar-refractivity contribution is 0.00822. The van der Waals surface area contributed by atoms with Crippen LogP contribution in [0.1, 0.15) is 36.2 Å². The van der Waals surface area contributed by atoms with E-state index in [9.17, 15) is 4.79 Å². The molecule has 0 spiro atoms. The van der Waals surface area contributed by atoms with Crippen molar-refractivity contribution in [1.82, 2.24) is 24.5 Å². The molecule has 28 heavy (non-hydrogen) atoms. The van der Waals surface area contributed by atoms with Gasteiger partial charge in [0.1, 0.15) is 17.7 Å². The molecule has 3 heterocycles. The molecule has 0 aliphatic heterocycles. The van der Waals surface area contributed by atoms with E-state index in [0.29, 0.717) is 24.5 Å². The molecule has 1 amide bonds. The molecule has 3 aromatic rings. The number of nitrogens with zero attached hydrogens (tertiary/aromatic N) is 5. The number of ether oxygens (including phenoxy) is 2. The average Bonchev–Trinajstić information content (AvgIpc) is 3.40. The number of carbonyl (C=O) groups is 1. The van der Waals surface area contributed by atoms with Crippen LogP contribution in [-0.4, -0.2) is 62.5 Å². The highest BCUT2D eigenvalue weighted by Crippen LogP contribution is 2.22. The van der Waals surface area contributed by atoms with E-state index >= 15 is 0 Å². The summed E-state index contributed by atoms with van der Waals surface area (Å²) < 4.78 is 12.5. The first-order chi connectivity index (χ1) is 13.7. The van der Waals surface area contributed by atoms with Crippen molar-refractivity contribution in [3.05, 3.63) is 36.8 Å². The summed E-state index contributed by atoms with van der Waals surface area (Å²) in [4.78, 5) is 33.0. The van der Waals surface area contributed by atoms with Crippen molar-refractivity contribution < 1.29 is 14.3 Å². The van der Waals surface area contributed by atoms with Crippen molar-refractivity contribution in [1.29, 1.82) is 0 Å². The minimum Gasteiger partial charge on any atom is -0.382 e. The third-order valence-electron chi connectivity index (χ3n) is 4.77. The molecule has 4 rings (SSSR count). The highest BCUT2D eigenvalue weighted by molar-refractivity contribution is 6.09. The zero-order valence-electron chi connectivity index (χ0n) is 15.7. The molecule has 0 atom stereocenters. The first kappa shape index (κ1) is 18.5. The number of aromatic amines is 1. The molecule has 3 aromatic heterocycles. The zero-order valence-corrected chi connectivity index (χ0v) is 15.7. The van der Waals surface area contributed by atoms with Crippen LogP contribution in [0.3, 0.4) is 0 Å². The molecule has 9 heteroatoms. The van der Waals surface area contributed by atoms with E-state index in [4.69, 9.17) is 9.47 Å². The van der Waals surface area contributed by atoms with Crippen molar-refractivity contribution in [2.75, 3.05) is 20.3 Å². The summed E-state index contributed by atoms with van der Waals surface area (Å²) in [6, 6.07) is 1.83. The molecule has 0 bridgehead atoms. The van der Waals surface area contributed by atoms with E-state index in [1.165, 1.54) is 0 Å². The van der Waals surface area contributed by atoms with Crippen molar-refractivity contribution >= 4 is 22.7 Å². The SMILES string of the molecule is COCCOC1CCC(=NC(=O)c2nc(-n3ccnc3)cc3[nH]cnc23)CC1. The van der Waals surface area contributed by atoms with Gasteiger partial charge in [0.25, 0.3) is 5.91 Å². The maximum absolute atomic E-state index is 12.9. The molecule has 146 valence electrons. The number of methoxy groups -OCH3 is 1. The molecule has 0 radical (unpaired) electrons. The summed E-state index contributed by atoms with van der Waals surface area (Å²) in [6.07, 6.45) is 10.0. The number of aromatic nitrogens is 5. The minimum absolute atomic E-state index is 0.199. The van der Waals surface area contributed by atoms with E-state index in [0.717, 1.165) is 36.9 Å². The van der Waals surface area contributed by atoms with Gasteiger partial charge in [0.05, 0.1) is 31.2 Å². The summed E-state index contributed by atoms with van der Waals surface area (Å²) in [5.41, 5.74) is 2.39. The van der Waals surface area contributed by atoms with Gasteiger partial charge in [-0.3, -0.25) is 9.36 Å². The van der Waals surface area contributed by atoms with Crippen LogP contribution >= 0.6 is 0 Å². The second kappa shape index (κ2) is 8.41. The Labute approximate surface area is 161 Å². The van der Waals surface area contributed by atoms with Gasteiger partial charge >= 0.3 is 0 Å². The lowest BCUT2D eigenvalue weighted by Crippen LogP contribution is -2.23. The molecule has 0 unspecified atom stereocenters. The Morgan fingerprint density at radius 1 is 1.36 bits per heavy atom. The highest BCUT2D eigenvalue weighted by atomic mass is 16.5. The fourth-order valence-corrected chi connectivity index (χ4v) is 3.31. The summed E-state index contributed by atoms with van der Waals surface area (Å²) in [6.45, 7) is 1.18. The predicted octanol–water partition coefficient (Wildman–Crippen LogP) is 2.33. The average molecular weight is 382 g/mol. The standard InChI is InChI=1S/C19H22N6O3/c1-27-8-9-28-14-4-2-13(3-5-14)23-19(26)18-17-15(21-11-22-17)10-16(24-18)25-7-6-20-12-25/h6-7,10-12,14H,2-5,8-9H2,1H3,(H,21,22). The highest BCUT2D eigenvalue weighted by Gasteiger charge is 2.21. The van der Waals surface area contributed by atoms with Gasteiger partial charge in [0, 0.05) is 31.3 Å². The van der Waals surface area contributed by atoms with E-state index in [1.54, 1.807) is 36.7 Å². The molecular weight excluding hydrogens is 360 g/mol. The molecule has 0 aromatic carbocycles. The smallest absolute Gasteiger partial charge is 0.297 e. The Kier molecular flexibility index (Phi) is 5.54.